The van der Waals surface area contributed by atoms with E-state index in [1.54, 1.807) is 35.2 Å². The Balaban J connectivity index is 1.79. The van der Waals surface area contributed by atoms with Gasteiger partial charge in [0, 0.05) is 42.9 Å². The van der Waals surface area contributed by atoms with Crippen molar-refractivity contribution in [3.05, 3.63) is 106 Å². The van der Waals surface area contributed by atoms with E-state index in [4.69, 9.17) is 6.42 Å². The number of amides is 2. The van der Waals surface area contributed by atoms with E-state index in [9.17, 15) is 19.1 Å². The van der Waals surface area contributed by atoms with Crippen LogP contribution in [0.1, 0.15) is 64.1 Å². The van der Waals surface area contributed by atoms with Crippen molar-refractivity contribution in [1.82, 2.24) is 15.5 Å². The fourth-order valence-electron chi connectivity index (χ4n) is 4.56. The van der Waals surface area contributed by atoms with Crippen molar-refractivity contribution in [2.24, 2.45) is 0 Å². The lowest BCUT2D eigenvalue weighted by atomic mass is 9.99. The molecule has 0 aliphatic rings. The first-order chi connectivity index (χ1) is 19.3. The van der Waals surface area contributed by atoms with Gasteiger partial charge in [0.2, 0.25) is 0 Å². The van der Waals surface area contributed by atoms with Gasteiger partial charge < -0.3 is 20.6 Å². The summed E-state index contributed by atoms with van der Waals surface area (Å²) in [4.78, 5) is 28.5. The van der Waals surface area contributed by atoms with E-state index >= 15 is 0 Å². The van der Waals surface area contributed by atoms with Gasteiger partial charge in [-0.15, -0.1) is 6.42 Å². The van der Waals surface area contributed by atoms with Crippen molar-refractivity contribution in [3.63, 3.8) is 0 Å². The number of nitrogens with one attached hydrogen (secondary N) is 2. The highest BCUT2D eigenvalue weighted by Gasteiger charge is 2.24. The van der Waals surface area contributed by atoms with Gasteiger partial charge in [-0.3, -0.25) is 9.59 Å². The smallest absolute Gasteiger partial charge is 0.253 e. The molecule has 6 nitrogen and oxygen atoms in total. The summed E-state index contributed by atoms with van der Waals surface area (Å²) in [5.74, 6) is 1.62. The summed E-state index contributed by atoms with van der Waals surface area (Å²) in [6.07, 6.45) is 6.75. The molecule has 0 heterocycles. The largest absolute Gasteiger partial charge is 0.390 e. The number of aliphatic hydroxyl groups is 1. The molecule has 0 radical (unpaired) electrons. The summed E-state index contributed by atoms with van der Waals surface area (Å²) in [6, 6.07) is 19.9. The summed E-state index contributed by atoms with van der Waals surface area (Å²) in [7, 11) is 0. The molecule has 0 spiro atoms. The lowest BCUT2D eigenvalue weighted by Gasteiger charge is -2.25. The molecule has 3 rings (SSSR count). The molecule has 0 aliphatic heterocycles. The van der Waals surface area contributed by atoms with E-state index < -0.39 is 18.1 Å². The number of hydrogen-bond donors (Lipinski definition) is 3. The molecule has 3 aromatic carbocycles. The number of terminal acetylenes is 1. The molecular weight excluding hydrogens is 505 g/mol. The van der Waals surface area contributed by atoms with Crippen molar-refractivity contribution < 1.29 is 19.1 Å². The Morgan fingerprint density at radius 2 is 1.62 bits per heavy atom. The standard InChI is InChI=1S/C33H38FN3O3/c1-4-15-37(16-5-2)33(40)28-18-24(6-3)17-27(21-28)32(39)36-30(20-25-11-8-7-9-12-25)31(38)23-35-22-26-13-10-14-29(34)19-26/h3,7-14,17-19,21,30-31,35,38H,4-5,15-16,20,22-23H2,1-2H3,(H,36,39)/t30-,31+/m0/s1. The topological polar surface area (TPSA) is 81.7 Å². The van der Waals surface area contributed by atoms with Crippen LogP contribution in [-0.4, -0.2) is 53.6 Å². The zero-order valence-corrected chi connectivity index (χ0v) is 23.2. The fourth-order valence-corrected chi connectivity index (χ4v) is 4.56. The van der Waals surface area contributed by atoms with Gasteiger partial charge in [0.15, 0.2) is 0 Å². The highest BCUT2D eigenvalue weighted by Crippen LogP contribution is 2.15. The van der Waals surface area contributed by atoms with Crippen LogP contribution in [0.2, 0.25) is 0 Å². The molecule has 0 unspecified atom stereocenters. The average Bonchev–Trinajstić information content (AvgIpc) is 2.96. The summed E-state index contributed by atoms with van der Waals surface area (Å²) in [5.41, 5.74) is 2.74. The van der Waals surface area contributed by atoms with Crippen molar-refractivity contribution in [1.29, 1.82) is 0 Å². The summed E-state index contributed by atoms with van der Waals surface area (Å²) in [6.45, 7) is 5.79. The van der Waals surface area contributed by atoms with Crippen LogP contribution in [0.3, 0.4) is 0 Å². The second-order valence-corrected chi connectivity index (χ2v) is 9.83. The summed E-state index contributed by atoms with van der Waals surface area (Å²) >= 11 is 0. The van der Waals surface area contributed by atoms with Crippen molar-refractivity contribution >= 4 is 11.8 Å². The number of nitrogens with zero attached hydrogens (tertiary/aromatic N) is 1. The highest BCUT2D eigenvalue weighted by molar-refractivity contribution is 6.00. The summed E-state index contributed by atoms with van der Waals surface area (Å²) in [5, 5.41) is 17.2. The number of carbonyl (C=O) groups is 2. The molecule has 0 aliphatic carbocycles. The third-order valence-corrected chi connectivity index (χ3v) is 6.53. The lowest BCUT2D eigenvalue weighted by molar-refractivity contribution is 0.0755. The Morgan fingerprint density at radius 3 is 2.27 bits per heavy atom. The molecule has 0 saturated carbocycles. The van der Waals surface area contributed by atoms with Crippen LogP contribution in [0, 0.1) is 18.2 Å². The van der Waals surface area contributed by atoms with E-state index in [0.717, 1.165) is 24.0 Å². The molecule has 7 heteroatoms. The Kier molecular flexibility index (Phi) is 11.9. The van der Waals surface area contributed by atoms with Gasteiger partial charge in [0.05, 0.1) is 12.1 Å². The van der Waals surface area contributed by atoms with E-state index in [2.05, 4.69) is 16.6 Å². The Bertz CT molecular complexity index is 1300. The van der Waals surface area contributed by atoms with E-state index in [-0.39, 0.29) is 23.8 Å². The van der Waals surface area contributed by atoms with Crippen LogP contribution in [0.15, 0.2) is 72.8 Å². The minimum absolute atomic E-state index is 0.169. The third kappa shape index (κ3) is 9.04. The number of rotatable bonds is 14. The molecule has 3 aromatic rings. The van der Waals surface area contributed by atoms with Gasteiger partial charge in [-0.2, -0.15) is 0 Å². The Labute approximate surface area is 236 Å². The number of aliphatic hydroxyl groups excluding tert-OH is 1. The second-order valence-electron chi connectivity index (χ2n) is 9.83. The van der Waals surface area contributed by atoms with E-state index in [1.165, 1.54) is 12.1 Å². The van der Waals surface area contributed by atoms with Gasteiger partial charge in [0.25, 0.3) is 11.8 Å². The lowest BCUT2D eigenvalue weighted by Crippen LogP contribution is -2.48. The predicted octanol–water partition coefficient (Wildman–Crippen LogP) is 4.56. The number of benzene rings is 3. The average molecular weight is 544 g/mol. The van der Waals surface area contributed by atoms with Gasteiger partial charge in [-0.1, -0.05) is 62.2 Å². The first kappa shape index (κ1) is 30.6. The SMILES string of the molecule is C#Cc1cc(C(=O)N[C@@H](Cc2ccccc2)[C@H](O)CNCc2cccc(F)c2)cc(C(=O)N(CCC)CCC)c1. The van der Waals surface area contributed by atoms with Crippen LogP contribution < -0.4 is 10.6 Å². The minimum Gasteiger partial charge on any atom is -0.390 e. The van der Waals surface area contributed by atoms with Crippen molar-refractivity contribution in [3.8, 4) is 12.3 Å². The molecule has 2 atom stereocenters. The zero-order valence-electron chi connectivity index (χ0n) is 23.2. The molecule has 0 saturated heterocycles. The maximum absolute atomic E-state index is 13.5. The molecule has 0 aromatic heterocycles. The molecule has 210 valence electrons. The van der Waals surface area contributed by atoms with Crippen LogP contribution in [-0.2, 0) is 13.0 Å². The zero-order chi connectivity index (χ0) is 28.9. The molecule has 0 fully saturated rings. The van der Waals surface area contributed by atoms with Crippen LogP contribution in [0.4, 0.5) is 4.39 Å². The normalized spacial score (nSPS) is 12.3. The minimum atomic E-state index is -0.945. The van der Waals surface area contributed by atoms with Crippen LogP contribution in [0.5, 0.6) is 0 Å². The second kappa shape index (κ2) is 15.6. The Hall–Kier alpha value is -3.99. The first-order valence-electron chi connectivity index (χ1n) is 13.7. The van der Waals surface area contributed by atoms with Gasteiger partial charge >= 0.3 is 0 Å². The summed E-state index contributed by atoms with van der Waals surface area (Å²) < 4.78 is 13.5. The molecular formula is C33H38FN3O3. The number of carbonyl (C=O) groups excluding carboxylic acids is 2. The Morgan fingerprint density at radius 1 is 0.950 bits per heavy atom. The highest BCUT2D eigenvalue weighted by atomic mass is 19.1. The maximum Gasteiger partial charge on any atom is 0.253 e. The van der Waals surface area contributed by atoms with Crippen molar-refractivity contribution in [2.75, 3.05) is 19.6 Å². The fraction of sp³-hybridized carbons (Fsp3) is 0.333. The van der Waals surface area contributed by atoms with Gasteiger partial charge in [-0.05, 0) is 60.7 Å². The van der Waals surface area contributed by atoms with Crippen molar-refractivity contribution in [2.45, 2.75) is 51.8 Å². The van der Waals surface area contributed by atoms with Gasteiger partial charge in [0.1, 0.15) is 5.82 Å². The molecule has 40 heavy (non-hydrogen) atoms. The van der Waals surface area contributed by atoms with Crippen LogP contribution >= 0.6 is 0 Å². The predicted molar refractivity (Wildman–Crippen MR) is 156 cm³/mol. The first-order valence-corrected chi connectivity index (χ1v) is 13.7. The number of halogens is 1. The number of hydrogen-bond acceptors (Lipinski definition) is 4. The quantitative estimate of drug-likeness (QED) is 0.261. The monoisotopic (exact) mass is 543 g/mol. The van der Waals surface area contributed by atoms with E-state index in [0.29, 0.717) is 37.2 Å². The van der Waals surface area contributed by atoms with Gasteiger partial charge in [-0.25, -0.2) is 4.39 Å². The molecule has 3 N–H and O–H groups in total. The van der Waals surface area contributed by atoms with Crippen LogP contribution in [0.25, 0.3) is 0 Å². The third-order valence-electron chi connectivity index (χ3n) is 6.53. The maximum atomic E-state index is 13.5. The molecule has 2 amide bonds. The van der Waals surface area contributed by atoms with E-state index in [1.807, 2.05) is 44.2 Å². The molecule has 0 bridgehead atoms.